The molecule has 0 bridgehead atoms. The molecule has 2 rings (SSSR count). The summed E-state index contributed by atoms with van der Waals surface area (Å²) in [6, 6.07) is 12.1. The van der Waals surface area contributed by atoms with Crippen LogP contribution >= 0.6 is 0 Å². The first kappa shape index (κ1) is 12.5. The van der Waals surface area contributed by atoms with Gasteiger partial charge in [-0.15, -0.1) is 0 Å². The highest BCUT2D eigenvalue weighted by molar-refractivity contribution is 5.44. The molecule has 0 unspecified atom stereocenters. The number of ether oxygens (including phenoxy) is 1. The quantitative estimate of drug-likeness (QED) is 0.830. The van der Waals surface area contributed by atoms with E-state index in [1.165, 1.54) is 16.7 Å². The van der Waals surface area contributed by atoms with Crippen LogP contribution in [0.25, 0.3) is 0 Å². The Hall–Kier alpha value is -1.96. The molecule has 2 heteroatoms. The lowest BCUT2D eigenvalue weighted by atomic mass is 10.1. The van der Waals surface area contributed by atoms with E-state index in [4.69, 9.17) is 10.5 Å². The van der Waals surface area contributed by atoms with Crippen molar-refractivity contribution >= 4 is 5.69 Å². The molecular formula is C16H19NO. The smallest absolute Gasteiger partial charge is 0.125 e. The zero-order valence-electron chi connectivity index (χ0n) is 11.2. The lowest BCUT2D eigenvalue weighted by Gasteiger charge is -2.13. The monoisotopic (exact) mass is 241 g/mol. The summed E-state index contributed by atoms with van der Waals surface area (Å²) in [5, 5.41) is 0. The number of nitrogens with two attached hydrogens (primary N) is 1. The van der Waals surface area contributed by atoms with Gasteiger partial charge in [0, 0.05) is 5.69 Å². The largest absolute Gasteiger partial charge is 0.488 e. The van der Waals surface area contributed by atoms with E-state index in [-0.39, 0.29) is 0 Å². The molecule has 0 aromatic heterocycles. The summed E-state index contributed by atoms with van der Waals surface area (Å²) in [7, 11) is 0. The normalized spacial score (nSPS) is 10.4. The van der Waals surface area contributed by atoms with E-state index in [1.807, 2.05) is 24.3 Å². The Morgan fingerprint density at radius 1 is 1.00 bits per heavy atom. The van der Waals surface area contributed by atoms with Gasteiger partial charge in [-0.3, -0.25) is 0 Å². The van der Waals surface area contributed by atoms with Gasteiger partial charge >= 0.3 is 0 Å². The highest BCUT2D eigenvalue weighted by atomic mass is 16.5. The van der Waals surface area contributed by atoms with Gasteiger partial charge in [0.2, 0.25) is 0 Å². The predicted molar refractivity (Wildman–Crippen MR) is 75.8 cm³/mol. The van der Waals surface area contributed by atoms with Crippen molar-refractivity contribution in [2.75, 3.05) is 5.73 Å². The fourth-order valence-corrected chi connectivity index (χ4v) is 2.23. The van der Waals surface area contributed by atoms with Crippen LogP contribution in [0, 0.1) is 20.8 Å². The van der Waals surface area contributed by atoms with Crippen LogP contribution in [0.3, 0.4) is 0 Å². The maximum absolute atomic E-state index is 5.91. The van der Waals surface area contributed by atoms with Crippen molar-refractivity contribution < 1.29 is 4.74 Å². The van der Waals surface area contributed by atoms with Crippen LogP contribution in [-0.2, 0) is 6.61 Å². The topological polar surface area (TPSA) is 35.2 Å². The van der Waals surface area contributed by atoms with E-state index >= 15 is 0 Å². The van der Waals surface area contributed by atoms with Crippen molar-refractivity contribution in [3.05, 3.63) is 58.7 Å². The van der Waals surface area contributed by atoms with Gasteiger partial charge in [0.05, 0.1) is 0 Å². The molecule has 0 atom stereocenters. The van der Waals surface area contributed by atoms with E-state index in [0.29, 0.717) is 6.61 Å². The first-order chi connectivity index (χ1) is 8.56. The zero-order valence-corrected chi connectivity index (χ0v) is 11.2. The third-order valence-corrected chi connectivity index (χ3v) is 2.94. The lowest BCUT2D eigenvalue weighted by Crippen LogP contribution is -2.00. The van der Waals surface area contributed by atoms with Crippen LogP contribution in [-0.4, -0.2) is 0 Å². The summed E-state index contributed by atoms with van der Waals surface area (Å²) in [4.78, 5) is 0. The summed E-state index contributed by atoms with van der Waals surface area (Å²) in [5.41, 5.74) is 11.2. The molecule has 0 spiro atoms. The second kappa shape index (κ2) is 5.13. The molecule has 94 valence electrons. The predicted octanol–water partition coefficient (Wildman–Crippen LogP) is 3.77. The van der Waals surface area contributed by atoms with Gasteiger partial charge in [-0.05, 0) is 49.6 Å². The van der Waals surface area contributed by atoms with E-state index in [2.05, 4.69) is 32.9 Å². The summed E-state index contributed by atoms with van der Waals surface area (Å²) in [6.07, 6.45) is 0. The highest BCUT2D eigenvalue weighted by Crippen LogP contribution is 2.25. The van der Waals surface area contributed by atoms with Crippen LogP contribution in [0.5, 0.6) is 5.75 Å². The van der Waals surface area contributed by atoms with Crippen LogP contribution in [0.1, 0.15) is 22.3 Å². The van der Waals surface area contributed by atoms with Crippen molar-refractivity contribution in [1.29, 1.82) is 0 Å². The Morgan fingerprint density at radius 3 is 2.28 bits per heavy atom. The molecule has 2 aromatic rings. The van der Waals surface area contributed by atoms with Gasteiger partial charge < -0.3 is 10.5 Å². The van der Waals surface area contributed by atoms with Crippen molar-refractivity contribution in [3.63, 3.8) is 0 Å². The summed E-state index contributed by atoms with van der Waals surface area (Å²) < 4.78 is 5.91. The van der Waals surface area contributed by atoms with Gasteiger partial charge in [-0.1, -0.05) is 29.8 Å². The minimum absolute atomic E-state index is 0.551. The SMILES string of the molecule is Cc1cc(C)c(OCc2cccc(N)c2)c(C)c1. The second-order valence-corrected chi connectivity index (χ2v) is 4.76. The van der Waals surface area contributed by atoms with Crippen LogP contribution in [0.4, 0.5) is 5.69 Å². The average Bonchev–Trinajstić information content (AvgIpc) is 2.27. The molecule has 0 aliphatic carbocycles. The Bertz CT molecular complexity index is 538. The summed E-state index contributed by atoms with van der Waals surface area (Å²) in [5.74, 6) is 0.975. The third-order valence-electron chi connectivity index (χ3n) is 2.94. The number of hydrogen-bond donors (Lipinski definition) is 1. The molecule has 0 heterocycles. The van der Waals surface area contributed by atoms with Crippen molar-refractivity contribution in [1.82, 2.24) is 0 Å². The van der Waals surface area contributed by atoms with Crippen molar-refractivity contribution in [2.45, 2.75) is 27.4 Å². The van der Waals surface area contributed by atoms with Crippen LogP contribution in [0.2, 0.25) is 0 Å². The first-order valence-electron chi connectivity index (χ1n) is 6.11. The van der Waals surface area contributed by atoms with Gasteiger partial charge in [-0.25, -0.2) is 0 Å². The molecule has 2 N–H and O–H groups in total. The molecule has 0 radical (unpaired) electrons. The van der Waals surface area contributed by atoms with E-state index in [9.17, 15) is 0 Å². The molecule has 18 heavy (non-hydrogen) atoms. The molecule has 0 aliphatic rings. The molecule has 0 saturated heterocycles. The minimum Gasteiger partial charge on any atom is -0.488 e. The standard InChI is InChI=1S/C16H19NO/c1-11-7-12(2)16(13(3)8-11)18-10-14-5-4-6-15(17)9-14/h4-9H,10,17H2,1-3H3. The van der Waals surface area contributed by atoms with Crippen molar-refractivity contribution in [3.8, 4) is 5.75 Å². The molecule has 0 saturated carbocycles. The van der Waals surface area contributed by atoms with E-state index in [0.717, 1.165) is 17.0 Å². The number of aryl methyl sites for hydroxylation is 3. The maximum atomic E-state index is 5.91. The molecule has 0 amide bonds. The number of nitrogen functional groups attached to an aromatic ring is 1. The van der Waals surface area contributed by atoms with Gasteiger partial charge in [-0.2, -0.15) is 0 Å². The molecule has 2 nitrogen and oxygen atoms in total. The van der Waals surface area contributed by atoms with Gasteiger partial charge in [0.1, 0.15) is 12.4 Å². The Morgan fingerprint density at radius 2 is 1.67 bits per heavy atom. The molecule has 0 aliphatic heterocycles. The van der Waals surface area contributed by atoms with E-state index < -0.39 is 0 Å². The fourth-order valence-electron chi connectivity index (χ4n) is 2.23. The summed E-state index contributed by atoms with van der Waals surface area (Å²) in [6.45, 7) is 6.81. The third kappa shape index (κ3) is 2.83. The second-order valence-electron chi connectivity index (χ2n) is 4.76. The maximum Gasteiger partial charge on any atom is 0.125 e. The molecule has 2 aromatic carbocycles. The molecular weight excluding hydrogens is 222 g/mol. The van der Waals surface area contributed by atoms with Gasteiger partial charge in [0.25, 0.3) is 0 Å². The number of rotatable bonds is 3. The molecule has 0 fully saturated rings. The van der Waals surface area contributed by atoms with Crippen molar-refractivity contribution in [2.24, 2.45) is 0 Å². The average molecular weight is 241 g/mol. The first-order valence-corrected chi connectivity index (χ1v) is 6.11. The Balaban J connectivity index is 2.16. The van der Waals surface area contributed by atoms with Crippen LogP contribution in [0.15, 0.2) is 36.4 Å². The zero-order chi connectivity index (χ0) is 13.1. The summed E-state index contributed by atoms with van der Waals surface area (Å²) >= 11 is 0. The number of anilines is 1. The lowest BCUT2D eigenvalue weighted by molar-refractivity contribution is 0.302. The Labute approximate surface area is 108 Å². The highest BCUT2D eigenvalue weighted by Gasteiger charge is 2.05. The number of hydrogen-bond acceptors (Lipinski definition) is 2. The van der Waals surface area contributed by atoms with Crippen LogP contribution < -0.4 is 10.5 Å². The van der Waals surface area contributed by atoms with Gasteiger partial charge in [0.15, 0.2) is 0 Å². The Kier molecular flexibility index (Phi) is 3.56. The van der Waals surface area contributed by atoms with E-state index in [1.54, 1.807) is 0 Å². The minimum atomic E-state index is 0.551. The fraction of sp³-hybridized carbons (Fsp3) is 0.250. The number of benzene rings is 2.